The number of alkyl halides is 3. The van der Waals surface area contributed by atoms with Crippen molar-refractivity contribution in [3.63, 3.8) is 0 Å². The van der Waals surface area contributed by atoms with E-state index in [2.05, 4.69) is 4.74 Å². The van der Waals surface area contributed by atoms with E-state index < -0.39 is 11.9 Å². The van der Waals surface area contributed by atoms with E-state index in [0.29, 0.717) is 12.8 Å². The highest BCUT2D eigenvalue weighted by Gasteiger charge is 2.47. The summed E-state index contributed by atoms with van der Waals surface area (Å²) < 4.78 is 40.8. The average Bonchev–Trinajstić information content (AvgIpc) is 3.08. The van der Waals surface area contributed by atoms with Crippen LogP contribution in [0.25, 0.3) is 0 Å². The lowest BCUT2D eigenvalue weighted by Gasteiger charge is -2.22. The summed E-state index contributed by atoms with van der Waals surface area (Å²) in [6.07, 6.45) is -3.54. The maximum absolute atomic E-state index is 12.3. The van der Waals surface area contributed by atoms with Gasteiger partial charge in [0.05, 0.1) is 5.54 Å². The van der Waals surface area contributed by atoms with Crippen molar-refractivity contribution >= 4 is 18.3 Å². The smallest absolute Gasteiger partial charge is 0.405 e. The minimum atomic E-state index is -4.76. The van der Waals surface area contributed by atoms with Gasteiger partial charge in [-0.25, -0.2) is 0 Å². The Morgan fingerprint density at radius 2 is 1.95 bits per heavy atom. The molecule has 1 aliphatic rings. The number of rotatable bonds is 4. The van der Waals surface area contributed by atoms with Crippen molar-refractivity contribution in [2.75, 3.05) is 7.05 Å². The molecular weight excluding hydrogens is 309 g/mol. The van der Waals surface area contributed by atoms with Gasteiger partial charge in [-0.15, -0.1) is 25.6 Å². The molecule has 0 saturated heterocycles. The summed E-state index contributed by atoms with van der Waals surface area (Å²) in [5.74, 6) is -0.569. The van der Waals surface area contributed by atoms with Gasteiger partial charge in [0.1, 0.15) is 5.75 Å². The minimum absolute atomic E-state index is 0. The van der Waals surface area contributed by atoms with Crippen LogP contribution < -0.4 is 10.5 Å². The molecule has 4 nitrogen and oxygen atoms in total. The third kappa shape index (κ3) is 4.50. The number of ether oxygens (including phenoxy) is 1. The quantitative estimate of drug-likeness (QED) is 0.925. The molecule has 8 heteroatoms. The number of likely N-dealkylation sites (N-methyl/N-ethyl adjacent to an activating group) is 1. The first-order valence-corrected chi connectivity index (χ1v) is 6.09. The topological polar surface area (TPSA) is 55.6 Å². The Morgan fingerprint density at radius 3 is 2.48 bits per heavy atom. The first kappa shape index (κ1) is 17.6. The third-order valence-corrected chi connectivity index (χ3v) is 3.17. The van der Waals surface area contributed by atoms with Crippen LogP contribution in [0.2, 0.25) is 0 Å². The number of benzene rings is 1. The standard InChI is InChI=1S/C13H15F3N2O2.ClH/c1-18(11(19)12(17)6-7-12)8-9-4-2-3-5-10(9)20-13(14,15)16;/h2-5H,6-8,17H2,1H3;1H. The van der Waals surface area contributed by atoms with Crippen LogP contribution in [0.15, 0.2) is 24.3 Å². The second kappa shape index (κ2) is 6.11. The number of hydrogen-bond acceptors (Lipinski definition) is 3. The van der Waals surface area contributed by atoms with Crippen LogP contribution >= 0.6 is 12.4 Å². The fourth-order valence-electron chi connectivity index (χ4n) is 1.91. The van der Waals surface area contributed by atoms with Crippen molar-refractivity contribution in [3.8, 4) is 5.75 Å². The second-order valence-electron chi connectivity index (χ2n) is 4.97. The Bertz CT molecular complexity index is 518. The Balaban J connectivity index is 0.00000220. The van der Waals surface area contributed by atoms with E-state index in [1.165, 1.54) is 30.1 Å². The molecule has 1 aromatic rings. The first-order valence-electron chi connectivity index (χ1n) is 6.09. The molecule has 118 valence electrons. The number of para-hydroxylation sites is 1. The second-order valence-corrected chi connectivity index (χ2v) is 4.97. The molecule has 0 atom stereocenters. The number of carbonyl (C=O) groups is 1. The van der Waals surface area contributed by atoms with Crippen LogP contribution in [0.5, 0.6) is 5.75 Å². The molecule has 0 aliphatic heterocycles. The summed E-state index contributed by atoms with van der Waals surface area (Å²) in [6, 6.07) is 5.74. The molecule has 1 aliphatic carbocycles. The molecule has 0 heterocycles. The largest absolute Gasteiger partial charge is 0.573 e. The third-order valence-electron chi connectivity index (χ3n) is 3.17. The minimum Gasteiger partial charge on any atom is -0.405 e. The van der Waals surface area contributed by atoms with E-state index in [9.17, 15) is 18.0 Å². The van der Waals surface area contributed by atoms with Gasteiger partial charge in [-0.05, 0) is 18.9 Å². The van der Waals surface area contributed by atoms with E-state index in [4.69, 9.17) is 5.73 Å². The van der Waals surface area contributed by atoms with E-state index >= 15 is 0 Å². The van der Waals surface area contributed by atoms with Crippen LogP contribution in [-0.4, -0.2) is 29.8 Å². The Morgan fingerprint density at radius 1 is 1.38 bits per heavy atom. The molecule has 21 heavy (non-hydrogen) atoms. The molecule has 1 aromatic carbocycles. The molecule has 0 unspecified atom stereocenters. The molecule has 0 spiro atoms. The van der Waals surface area contributed by atoms with Crippen LogP contribution in [-0.2, 0) is 11.3 Å². The van der Waals surface area contributed by atoms with Crippen molar-refractivity contribution in [1.82, 2.24) is 4.90 Å². The van der Waals surface area contributed by atoms with E-state index in [1.807, 2.05) is 0 Å². The van der Waals surface area contributed by atoms with Gasteiger partial charge in [0.15, 0.2) is 0 Å². The molecule has 0 aromatic heterocycles. The summed E-state index contributed by atoms with van der Waals surface area (Å²) in [5.41, 5.74) is 5.23. The van der Waals surface area contributed by atoms with E-state index in [0.717, 1.165) is 0 Å². The van der Waals surface area contributed by atoms with Gasteiger partial charge >= 0.3 is 6.36 Å². The lowest BCUT2D eigenvalue weighted by molar-refractivity contribution is -0.275. The maximum Gasteiger partial charge on any atom is 0.573 e. The fourth-order valence-corrected chi connectivity index (χ4v) is 1.91. The molecule has 0 bridgehead atoms. The van der Waals surface area contributed by atoms with E-state index in [1.54, 1.807) is 6.07 Å². The predicted molar refractivity (Wildman–Crippen MR) is 73.0 cm³/mol. The van der Waals surface area contributed by atoms with Crippen molar-refractivity contribution in [2.45, 2.75) is 31.3 Å². The van der Waals surface area contributed by atoms with E-state index in [-0.39, 0.29) is 36.2 Å². The fraction of sp³-hybridized carbons (Fsp3) is 0.462. The molecule has 1 saturated carbocycles. The van der Waals surface area contributed by atoms with Crippen molar-refractivity contribution in [1.29, 1.82) is 0 Å². The molecule has 1 fully saturated rings. The number of nitrogens with two attached hydrogens (primary N) is 1. The van der Waals surface area contributed by atoms with Gasteiger partial charge < -0.3 is 15.4 Å². The Kier molecular flexibility index (Phi) is 5.11. The van der Waals surface area contributed by atoms with Gasteiger partial charge in [0.2, 0.25) is 5.91 Å². The summed E-state index contributed by atoms with van der Waals surface area (Å²) in [4.78, 5) is 13.3. The number of hydrogen-bond donors (Lipinski definition) is 1. The summed E-state index contributed by atoms with van der Waals surface area (Å²) in [7, 11) is 1.51. The lowest BCUT2D eigenvalue weighted by Crippen LogP contribution is -2.43. The summed E-state index contributed by atoms with van der Waals surface area (Å²) in [6.45, 7) is 0.0179. The Hall–Kier alpha value is -1.47. The molecule has 2 rings (SSSR count). The molecule has 2 N–H and O–H groups in total. The SMILES string of the molecule is CN(Cc1ccccc1OC(F)(F)F)C(=O)C1(N)CC1.Cl. The van der Waals surface area contributed by atoms with Crippen molar-refractivity contribution in [2.24, 2.45) is 5.73 Å². The maximum atomic E-state index is 12.3. The van der Waals surface area contributed by atoms with Crippen LogP contribution in [0, 0.1) is 0 Å². The Labute approximate surface area is 126 Å². The van der Waals surface area contributed by atoms with Gasteiger partial charge in [-0.3, -0.25) is 4.79 Å². The number of amides is 1. The molecular formula is C13H16ClF3N2O2. The average molecular weight is 325 g/mol. The van der Waals surface area contributed by atoms with Gasteiger partial charge in [-0.2, -0.15) is 0 Å². The highest BCUT2D eigenvalue weighted by Crippen LogP contribution is 2.34. The van der Waals surface area contributed by atoms with Crippen molar-refractivity contribution in [3.05, 3.63) is 29.8 Å². The number of carbonyl (C=O) groups excluding carboxylic acids is 1. The predicted octanol–water partition coefficient (Wildman–Crippen LogP) is 2.46. The lowest BCUT2D eigenvalue weighted by atomic mass is 10.1. The molecule has 1 amide bonds. The zero-order valence-corrected chi connectivity index (χ0v) is 12.1. The van der Waals surface area contributed by atoms with Crippen LogP contribution in [0.4, 0.5) is 13.2 Å². The first-order chi connectivity index (χ1) is 9.21. The summed E-state index contributed by atoms with van der Waals surface area (Å²) in [5, 5.41) is 0. The monoisotopic (exact) mass is 324 g/mol. The zero-order chi connectivity index (χ0) is 15.0. The van der Waals surface area contributed by atoms with Crippen LogP contribution in [0.1, 0.15) is 18.4 Å². The van der Waals surface area contributed by atoms with Gasteiger partial charge in [0, 0.05) is 19.2 Å². The molecule has 0 radical (unpaired) electrons. The van der Waals surface area contributed by atoms with Crippen molar-refractivity contribution < 1.29 is 22.7 Å². The highest BCUT2D eigenvalue weighted by molar-refractivity contribution is 5.88. The zero-order valence-electron chi connectivity index (χ0n) is 11.3. The van der Waals surface area contributed by atoms with Crippen LogP contribution in [0.3, 0.4) is 0 Å². The summed E-state index contributed by atoms with van der Waals surface area (Å²) >= 11 is 0. The normalized spacial score (nSPS) is 15.9. The number of nitrogens with zero attached hydrogens (tertiary/aromatic N) is 1. The van der Waals surface area contributed by atoms with Gasteiger partial charge in [-0.1, -0.05) is 18.2 Å². The highest BCUT2D eigenvalue weighted by atomic mass is 35.5. The van der Waals surface area contributed by atoms with Gasteiger partial charge in [0.25, 0.3) is 0 Å². The number of halogens is 4.